The van der Waals surface area contributed by atoms with Crippen molar-refractivity contribution in [2.75, 3.05) is 0 Å². The number of rotatable bonds is 6. The minimum absolute atomic E-state index is 0.542. The molecule has 1 aliphatic heterocycles. The number of para-hydroxylation sites is 1. The Balaban J connectivity index is 1.03. The van der Waals surface area contributed by atoms with E-state index < -0.39 is 5.41 Å². The van der Waals surface area contributed by atoms with Crippen LogP contribution in [0.15, 0.2) is 206 Å². The summed E-state index contributed by atoms with van der Waals surface area (Å²) in [4.78, 5) is 18.9. The van der Waals surface area contributed by atoms with Crippen LogP contribution in [-0.4, -0.2) is 15.0 Å². The molecule has 2 heterocycles. The Bertz CT molecular complexity index is 3240. The molecule has 0 saturated heterocycles. The van der Waals surface area contributed by atoms with Crippen molar-refractivity contribution in [3.8, 4) is 56.8 Å². The Morgan fingerprint density at radius 1 is 0.400 bits per heavy atom. The fraction of sp³-hybridized carbons (Fsp3) is 0.0182. The zero-order valence-corrected chi connectivity index (χ0v) is 32.3. The first kappa shape index (κ1) is 35.0. The van der Waals surface area contributed by atoms with Gasteiger partial charge in [0.25, 0.3) is 0 Å². The van der Waals surface area contributed by atoms with Gasteiger partial charge in [-0.25, -0.2) is 19.8 Å². The van der Waals surface area contributed by atoms with Crippen molar-refractivity contribution in [1.29, 1.82) is 0 Å². The van der Waals surface area contributed by atoms with E-state index in [9.17, 15) is 0 Å². The summed E-state index contributed by atoms with van der Waals surface area (Å²) in [6, 6.07) is 71.2. The first-order chi connectivity index (χ1) is 29.7. The molecule has 0 N–H and O–H groups in total. The minimum Gasteiger partial charge on any atom is -0.457 e. The molecule has 11 rings (SSSR count). The molecule has 1 aromatic heterocycles. The normalized spacial score (nSPS) is 12.6. The van der Waals surface area contributed by atoms with Gasteiger partial charge >= 0.3 is 0 Å². The van der Waals surface area contributed by atoms with Gasteiger partial charge in [-0.3, -0.25) is 0 Å². The van der Waals surface area contributed by atoms with Crippen molar-refractivity contribution in [2.24, 2.45) is 0 Å². The molecule has 0 aliphatic carbocycles. The maximum absolute atomic E-state index is 7.47. The summed E-state index contributed by atoms with van der Waals surface area (Å²) < 4.78 is 6.77. The van der Waals surface area contributed by atoms with E-state index in [4.69, 9.17) is 26.3 Å². The second-order valence-corrected chi connectivity index (χ2v) is 15.0. The lowest BCUT2D eigenvalue weighted by molar-refractivity contribution is 0.435. The predicted octanol–water partition coefficient (Wildman–Crippen LogP) is 13.9. The van der Waals surface area contributed by atoms with Crippen LogP contribution in [0.2, 0.25) is 0 Å². The molecule has 280 valence electrons. The van der Waals surface area contributed by atoms with Gasteiger partial charge in [-0.1, -0.05) is 188 Å². The molecule has 1 aliphatic rings. The van der Waals surface area contributed by atoms with E-state index in [1.165, 1.54) is 16.5 Å². The predicted molar refractivity (Wildman–Crippen MR) is 241 cm³/mol. The molecule has 0 saturated carbocycles. The smallest absolute Gasteiger partial charge is 0.187 e. The summed E-state index contributed by atoms with van der Waals surface area (Å²) in [5.74, 6) is 3.35. The van der Waals surface area contributed by atoms with E-state index in [1.54, 1.807) is 12.1 Å². The zero-order chi connectivity index (χ0) is 40.0. The Hall–Kier alpha value is -8.20. The van der Waals surface area contributed by atoms with E-state index in [2.05, 4.69) is 181 Å². The summed E-state index contributed by atoms with van der Waals surface area (Å²) in [6.07, 6.45) is 0. The van der Waals surface area contributed by atoms with Crippen LogP contribution < -0.4 is 4.74 Å². The second kappa shape index (κ2) is 14.3. The summed E-state index contributed by atoms with van der Waals surface area (Å²) in [7, 11) is 0. The number of hydrogen-bond donors (Lipinski definition) is 0. The number of benzene rings is 9. The largest absolute Gasteiger partial charge is 0.457 e. The minimum atomic E-state index is -0.574. The van der Waals surface area contributed by atoms with Crippen molar-refractivity contribution < 1.29 is 4.74 Å². The van der Waals surface area contributed by atoms with Crippen LogP contribution in [0, 0.1) is 6.57 Å². The third kappa shape index (κ3) is 5.74. The van der Waals surface area contributed by atoms with Crippen molar-refractivity contribution in [3.63, 3.8) is 0 Å². The molecule has 0 radical (unpaired) electrons. The van der Waals surface area contributed by atoms with Gasteiger partial charge in [0, 0.05) is 27.8 Å². The third-order valence-electron chi connectivity index (χ3n) is 11.7. The fourth-order valence-electron chi connectivity index (χ4n) is 8.88. The van der Waals surface area contributed by atoms with Crippen LogP contribution in [0.3, 0.4) is 0 Å². The van der Waals surface area contributed by atoms with Crippen molar-refractivity contribution >= 4 is 27.2 Å². The quantitative estimate of drug-likeness (QED) is 0.125. The second-order valence-electron chi connectivity index (χ2n) is 15.0. The number of ether oxygens (including phenoxy) is 1. The number of hydrogen-bond acceptors (Lipinski definition) is 4. The summed E-state index contributed by atoms with van der Waals surface area (Å²) in [5.41, 5.74) is 9.24. The van der Waals surface area contributed by atoms with E-state index in [0.717, 1.165) is 66.6 Å². The van der Waals surface area contributed by atoms with Gasteiger partial charge < -0.3 is 4.74 Å². The monoisotopic (exact) mass is 766 g/mol. The Labute approximate surface area is 347 Å². The molecule has 9 aromatic carbocycles. The highest BCUT2D eigenvalue weighted by atomic mass is 16.5. The Morgan fingerprint density at radius 2 is 0.917 bits per heavy atom. The van der Waals surface area contributed by atoms with Gasteiger partial charge in [-0.2, -0.15) is 0 Å². The molecular formula is C55H34N4O. The topological polar surface area (TPSA) is 52.3 Å². The molecule has 0 atom stereocenters. The molecule has 5 heteroatoms. The van der Waals surface area contributed by atoms with Gasteiger partial charge in [0.1, 0.15) is 11.5 Å². The van der Waals surface area contributed by atoms with Gasteiger partial charge in [0.05, 0.1) is 12.0 Å². The molecule has 0 amide bonds. The SMILES string of the molecule is [C-]#[N+]c1ccc(-c2nc(-c3ccc(-c4ccc5c(c4)Oc4ccccc4C5(c4ccccc4)c4ccccc4)cc3)nc(-c3cc4ccccc4c4ccccc34)n2)cc1. The first-order valence-corrected chi connectivity index (χ1v) is 20.0. The molecule has 0 fully saturated rings. The lowest BCUT2D eigenvalue weighted by atomic mass is 9.63. The molecule has 10 aromatic rings. The summed E-state index contributed by atoms with van der Waals surface area (Å²) in [5, 5.41) is 4.50. The number of nitrogens with zero attached hydrogens (tertiary/aromatic N) is 4. The molecule has 0 bridgehead atoms. The van der Waals surface area contributed by atoms with Gasteiger partial charge in [-0.05, 0) is 62.0 Å². The van der Waals surface area contributed by atoms with E-state index >= 15 is 0 Å². The first-order valence-electron chi connectivity index (χ1n) is 20.0. The van der Waals surface area contributed by atoms with Crippen molar-refractivity contribution in [1.82, 2.24) is 15.0 Å². The highest BCUT2D eigenvalue weighted by Gasteiger charge is 2.45. The van der Waals surface area contributed by atoms with Gasteiger partial charge in [0.2, 0.25) is 0 Å². The molecule has 5 nitrogen and oxygen atoms in total. The maximum atomic E-state index is 7.47. The molecule has 0 unspecified atom stereocenters. The lowest BCUT2D eigenvalue weighted by Crippen LogP contribution is -2.34. The maximum Gasteiger partial charge on any atom is 0.187 e. The standard InChI is InChI=1S/C55H34N4O/c1-56-43-31-28-38(29-32-43)53-57-52(58-54(59-53)47-34-40-14-8-9-19-44(40)45-20-10-11-21-46(45)47)37-26-24-36(25-27-37)39-30-33-49-51(35-39)60-50-23-13-12-22-48(50)55(49,41-15-4-2-5-16-41)42-17-6-3-7-18-42/h2-35H. The Morgan fingerprint density at radius 3 is 1.60 bits per heavy atom. The number of aromatic nitrogens is 3. The Kier molecular flexibility index (Phi) is 8.35. The molecule has 0 spiro atoms. The fourth-order valence-corrected chi connectivity index (χ4v) is 8.88. The highest BCUT2D eigenvalue weighted by Crippen LogP contribution is 2.55. The van der Waals surface area contributed by atoms with Crippen LogP contribution in [0.1, 0.15) is 22.3 Å². The van der Waals surface area contributed by atoms with Crippen LogP contribution in [0.4, 0.5) is 5.69 Å². The zero-order valence-electron chi connectivity index (χ0n) is 32.3. The van der Waals surface area contributed by atoms with E-state index in [-0.39, 0.29) is 0 Å². The van der Waals surface area contributed by atoms with Crippen molar-refractivity contribution in [3.05, 3.63) is 240 Å². The third-order valence-corrected chi connectivity index (χ3v) is 11.7. The van der Waals surface area contributed by atoms with Gasteiger partial charge in [-0.15, -0.1) is 0 Å². The molecular weight excluding hydrogens is 733 g/mol. The van der Waals surface area contributed by atoms with E-state index in [0.29, 0.717) is 23.2 Å². The average Bonchev–Trinajstić information content (AvgIpc) is 3.33. The van der Waals surface area contributed by atoms with Crippen LogP contribution in [0.25, 0.3) is 71.7 Å². The summed E-state index contributed by atoms with van der Waals surface area (Å²) >= 11 is 0. The van der Waals surface area contributed by atoms with Gasteiger partial charge in [0.15, 0.2) is 23.2 Å². The average molecular weight is 767 g/mol. The highest BCUT2D eigenvalue weighted by molar-refractivity contribution is 6.13. The van der Waals surface area contributed by atoms with Crippen LogP contribution >= 0.6 is 0 Å². The molecule has 60 heavy (non-hydrogen) atoms. The van der Waals surface area contributed by atoms with Crippen molar-refractivity contribution in [2.45, 2.75) is 5.41 Å². The van der Waals surface area contributed by atoms with E-state index in [1.807, 2.05) is 18.2 Å². The lowest BCUT2D eigenvalue weighted by Gasteiger charge is -2.41. The number of fused-ring (bicyclic) bond motifs is 5. The summed E-state index contributed by atoms with van der Waals surface area (Å²) in [6.45, 7) is 7.47. The van der Waals surface area contributed by atoms with Crippen LogP contribution in [0.5, 0.6) is 11.5 Å². The van der Waals surface area contributed by atoms with Crippen LogP contribution in [-0.2, 0) is 5.41 Å².